The molecule has 0 aliphatic rings. The van der Waals surface area contributed by atoms with E-state index in [1.807, 2.05) is 0 Å². The summed E-state index contributed by atoms with van der Waals surface area (Å²) >= 11 is 6.93. The highest BCUT2D eigenvalue weighted by Crippen LogP contribution is 2.31. The second-order valence-corrected chi connectivity index (χ2v) is 7.57. The highest BCUT2D eigenvalue weighted by atomic mass is 35.5. The van der Waals surface area contributed by atoms with Crippen molar-refractivity contribution in [3.8, 4) is 0 Å². The van der Waals surface area contributed by atoms with Gasteiger partial charge in [-0.3, -0.25) is 4.79 Å². The van der Waals surface area contributed by atoms with Crippen LogP contribution in [0.1, 0.15) is 6.42 Å². The first-order valence-electron chi connectivity index (χ1n) is 5.02. The van der Waals surface area contributed by atoms with Crippen molar-refractivity contribution in [2.45, 2.75) is 10.6 Å². The van der Waals surface area contributed by atoms with Crippen LogP contribution in [0.15, 0.2) is 28.5 Å². The number of hydrogen-bond acceptors (Lipinski definition) is 4. The molecule has 2 aromatic rings. The van der Waals surface area contributed by atoms with Gasteiger partial charge in [-0.1, -0.05) is 17.7 Å². The van der Waals surface area contributed by atoms with Crippen LogP contribution in [-0.2, 0) is 14.6 Å². The van der Waals surface area contributed by atoms with Crippen molar-refractivity contribution >= 4 is 48.8 Å². The number of carboxylic acids is 1. The van der Waals surface area contributed by atoms with Gasteiger partial charge >= 0.3 is 5.97 Å². The number of rotatable bonds is 4. The summed E-state index contributed by atoms with van der Waals surface area (Å²) in [5.41, 5.74) is 0. The summed E-state index contributed by atoms with van der Waals surface area (Å²) in [5, 5.41) is 9.85. The van der Waals surface area contributed by atoms with E-state index < -0.39 is 22.2 Å². The molecule has 0 amide bonds. The fraction of sp³-hybridized carbons (Fsp3) is 0.182. The quantitative estimate of drug-likeness (QED) is 0.943. The zero-order chi connectivity index (χ0) is 13.3. The predicted octanol–water partition coefficient (Wildman–Crippen LogP) is 2.80. The maximum Gasteiger partial charge on any atom is 0.304 e. The van der Waals surface area contributed by atoms with Crippen molar-refractivity contribution in [2.75, 3.05) is 5.75 Å². The zero-order valence-electron chi connectivity index (χ0n) is 9.09. The lowest BCUT2D eigenvalue weighted by atomic mass is 10.3. The second kappa shape index (κ2) is 4.87. The predicted molar refractivity (Wildman–Crippen MR) is 71.1 cm³/mol. The van der Waals surface area contributed by atoms with E-state index in [0.29, 0.717) is 5.02 Å². The molecule has 96 valence electrons. The Morgan fingerprint density at radius 2 is 2.06 bits per heavy atom. The Morgan fingerprint density at radius 3 is 2.72 bits per heavy atom. The molecule has 0 radical (unpaired) electrons. The molecule has 0 bridgehead atoms. The van der Waals surface area contributed by atoms with Crippen LogP contribution < -0.4 is 0 Å². The van der Waals surface area contributed by atoms with Crippen LogP contribution in [-0.4, -0.2) is 25.2 Å². The minimum absolute atomic E-state index is 0.181. The molecule has 7 heteroatoms. The Bertz CT molecular complexity index is 703. The first-order chi connectivity index (χ1) is 8.38. The van der Waals surface area contributed by atoms with E-state index >= 15 is 0 Å². The number of carbonyl (C=O) groups is 1. The molecule has 0 fully saturated rings. The van der Waals surface area contributed by atoms with Crippen LogP contribution in [0.25, 0.3) is 10.1 Å². The summed E-state index contributed by atoms with van der Waals surface area (Å²) in [6.45, 7) is 0. The third kappa shape index (κ3) is 2.82. The maximum absolute atomic E-state index is 11.9. The second-order valence-electron chi connectivity index (χ2n) is 3.71. The Labute approximate surface area is 113 Å². The summed E-state index contributed by atoms with van der Waals surface area (Å²) in [6.07, 6.45) is -0.392. The van der Waals surface area contributed by atoms with Crippen LogP contribution in [0.2, 0.25) is 5.02 Å². The van der Waals surface area contributed by atoms with Crippen LogP contribution in [0.4, 0.5) is 0 Å². The number of benzene rings is 1. The lowest BCUT2D eigenvalue weighted by molar-refractivity contribution is -0.136. The molecule has 0 unspecified atom stereocenters. The molecule has 1 aromatic heterocycles. The number of halogens is 1. The van der Waals surface area contributed by atoms with Crippen LogP contribution in [0.3, 0.4) is 0 Å². The summed E-state index contributed by atoms with van der Waals surface area (Å²) in [4.78, 5) is 10.4. The zero-order valence-corrected chi connectivity index (χ0v) is 11.5. The monoisotopic (exact) mass is 304 g/mol. The largest absolute Gasteiger partial charge is 0.481 e. The lowest BCUT2D eigenvalue weighted by Gasteiger charge is -1.97. The summed E-state index contributed by atoms with van der Waals surface area (Å²) in [6, 6.07) is 6.67. The van der Waals surface area contributed by atoms with Crippen molar-refractivity contribution in [3.05, 3.63) is 29.3 Å². The smallest absolute Gasteiger partial charge is 0.304 e. The SMILES string of the molecule is O=C(O)CCS(=O)(=O)c1cc2ccc(Cl)cc2s1. The van der Waals surface area contributed by atoms with Crippen molar-refractivity contribution in [3.63, 3.8) is 0 Å². The van der Waals surface area contributed by atoms with Gasteiger partial charge in [-0.05, 0) is 23.6 Å². The van der Waals surface area contributed by atoms with E-state index in [2.05, 4.69) is 0 Å². The average Bonchev–Trinajstić information content (AvgIpc) is 2.70. The van der Waals surface area contributed by atoms with Gasteiger partial charge in [0.1, 0.15) is 4.21 Å². The molecule has 0 spiro atoms. The number of aliphatic carboxylic acids is 1. The average molecular weight is 305 g/mol. The molecule has 1 N–H and O–H groups in total. The van der Waals surface area contributed by atoms with E-state index in [0.717, 1.165) is 21.4 Å². The molecular formula is C11H9ClO4S2. The summed E-state index contributed by atoms with van der Waals surface area (Å²) in [5.74, 6) is -1.51. The molecule has 18 heavy (non-hydrogen) atoms. The van der Waals surface area contributed by atoms with Gasteiger partial charge < -0.3 is 5.11 Å². The maximum atomic E-state index is 11.9. The van der Waals surface area contributed by atoms with E-state index in [4.69, 9.17) is 16.7 Å². The first-order valence-corrected chi connectivity index (χ1v) is 7.87. The highest BCUT2D eigenvalue weighted by Gasteiger charge is 2.19. The summed E-state index contributed by atoms with van der Waals surface area (Å²) < 4.78 is 24.8. The Morgan fingerprint density at radius 1 is 1.33 bits per heavy atom. The van der Waals surface area contributed by atoms with E-state index in [9.17, 15) is 13.2 Å². The van der Waals surface area contributed by atoms with Crippen molar-refractivity contribution in [1.29, 1.82) is 0 Å². The molecule has 0 atom stereocenters. The number of fused-ring (bicyclic) bond motifs is 1. The molecule has 0 saturated carbocycles. The molecule has 0 aliphatic heterocycles. The minimum atomic E-state index is -3.54. The van der Waals surface area contributed by atoms with Crippen molar-refractivity contribution < 1.29 is 18.3 Å². The third-order valence-electron chi connectivity index (χ3n) is 2.35. The molecule has 4 nitrogen and oxygen atoms in total. The van der Waals surface area contributed by atoms with Crippen molar-refractivity contribution in [2.24, 2.45) is 0 Å². The fourth-order valence-corrected chi connectivity index (χ4v) is 4.50. The molecule has 0 aliphatic carbocycles. The molecule has 1 aromatic carbocycles. The Balaban J connectivity index is 2.38. The first kappa shape index (κ1) is 13.3. The topological polar surface area (TPSA) is 71.4 Å². The number of thiophene rings is 1. The number of sulfone groups is 1. The van der Waals surface area contributed by atoms with Crippen LogP contribution in [0.5, 0.6) is 0 Å². The van der Waals surface area contributed by atoms with Gasteiger partial charge in [0.05, 0.1) is 12.2 Å². The highest BCUT2D eigenvalue weighted by molar-refractivity contribution is 7.93. The Kier molecular flexibility index (Phi) is 3.61. The third-order valence-corrected chi connectivity index (χ3v) is 5.96. The number of carboxylic acid groups (broad SMARTS) is 1. The molecule has 2 rings (SSSR count). The van der Waals surface area contributed by atoms with E-state index in [1.54, 1.807) is 24.3 Å². The van der Waals surface area contributed by atoms with Gasteiger partial charge in [0.2, 0.25) is 0 Å². The minimum Gasteiger partial charge on any atom is -0.481 e. The van der Waals surface area contributed by atoms with E-state index in [-0.39, 0.29) is 9.96 Å². The van der Waals surface area contributed by atoms with Gasteiger partial charge in [0.25, 0.3) is 0 Å². The van der Waals surface area contributed by atoms with Gasteiger partial charge in [-0.2, -0.15) is 0 Å². The van der Waals surface area contributed by atoms with Gasteiger partial charge in [-0.25, -0.2) is 8.42 Å². The van der Waals surface area contributed by atoms with Gasteiger partial charge in [-0.15, -0.1) is 11.3 Å². The van der Waals surface area contributed by atoms with Crippen LogP contribution in [0, 0.1) is 0 Å². The summed E-state index contributed by atoms with van der Waals surface area (Å²) in [7, 11) is -3.54. The van der Waals surface area contributed by atoms with E-state index in [1.165, 1.54) is 0 Å². The Hall–Kier alpha value is -1.11. The van der Waals surface area contributed by atoms with Crippen LogP contribution >= 0.6 is 22.9 Å². The fourth-order valence-electron chi connectivity index (χ4n) is 1.46. The molecular weight excluding hydrogens is 296 g/mol. The number of hydrogen-bond donors (Lipinski definition) is 1. The molecule has 0 saturated heterocycles. The van der Waals surface area contributed by atoms with Gasteiger partial charge in [0, 0.05) is 9.72 Å². The standard InChI is InChI=1S/C11H9ClO4S2/c12-8-2-1-7-5-11(17-9(7)6-8)18(15,16)4-3-10(13)14/h1-2,5-6H,3-4H2,(H,13,14). The normalized spacial score (nSPS) is 11.8. The van der Waals surface area contributed by atoms with Crippen molar-refractivity contribution in [1.82, 2.24) is 0 Å². The van der Waals surface area contributed by atoms with Gasteiger partial charge in [0.15, 0.2) is 9.84 Å². The lowest BCUT2D eigenvalue weighted by Crippen LogP contribution is -2.09. The molecule has 1 heterocycles.